The van der Waals surface area contributed by atoms with Crippen LogP contribution in [0.1, 0.15) is 28.5 Å². The summed E-state index contributed by atoms with van der Waals surface area (Å²) in [5.74, 6) is 1.29. The van der Waals surface area contributed by atoms with Crippen molar-refractivity contribution in [1.82, 2.24) is 5.32 Å². The van der Waals surface area contributed by atoms with Gasteiger partial charge in [0.15, 0.2) is 11.5 Å². The van der Waals surface area contributed by atoms with Gasteiger partial charge in [-0.2, -0.15) is 5.26 Å². The molecule has 6 heteroatoms. The number of hydrogen-bond donors (Lipinski definition) is 1. The molecule has 1 N–H and O–H groups in total. The molecular weight excluding hydrogens is 444 g/mol. The second-order valence-electron chi connectivity index (χ2n) is 8.32. The van der Waals surface area contributed by atoms with Crippen LogP contribution in [0.4, 0.5) is 0 Å². The molecule has 1 atom stereocenters. The molecule has 0 fully saturated rings. The fourth-order valence-electron chi connectivity index (χ4n) is 4.06. The van der Waals surface area contributed by atoms with Crippen molar-refractivity contribution in [3.63, 3.8) is 0 Å². The van der Waals surface area contributed by atoms with E-state index in [0.29, 0.717) is 30.0 Å². The summed E-state index contributed by atoms with van der Waals surface area (Å²) in [6.07, 6.45) is 0.517. The molecule has 0 saturated carbocycles. The van der Waals surface area contributed by atoms with Crippen LogP contribution in [-0.2, 0) is 23.2 Å². The van der Waals surface area contributed by atoms with Gasteiger partial charge in [0.2, 0.25) is 5.91 Å². The Morgan fingerprint density at radius 2 is 1.68 bits per heavy atom. The quantitative estimate of drug-likeness (QED) is 0.363. The number of nitrogens with one attached hydrogen (secondary N) is 1. The number of rotatable bonds is 8. The van der Waals surface area contributed by atoms with Crippen molar-refractivity contribution in [3.05, 3.63) is 94.4 Å². The zero-order valence-electron chi connectivity index (χ0n) is 19.4. The number of nitriles is 1. The maximum absolute atomic E-state index is 13.6. The molecule has 0 saturated heterocycles. The second-order valence-corrected chi connectivity index (χ2v) is 9.49. The molecule has 0 aliphatic carbocycles. The first-order valence-electron chi connectivity index (χ1n) is 10.9. The van der Waals surface area contributed by atoms with E-state index >= 15 is 0 Å². The molecule has 0 aliphatic heterocycles. The molecule has 1 heterocycles. The van der Waals surface area contributed by atoms with Crippen molar-refractivity contribution in [1.29, 1.82) is 5.26 Å². The molecule has 4 aromatic rings. The summed E-state index contributed by atoms with van der Waals surface area (Å²) in [4.78, 5) is 14.7. The zero-order chi connectivity index (χ0) is 24.1. The first-order chi connectivity index (χ1) is 16.5. The van der Waals surface area contributed by atoms with Crippen molar-refractivity contribution in [2.75, 3.05) is 14.2 Å². The smallest absolute Gasteiger partial charge is 0.231 e. The molecule has 172 valence electrons. The minimum Gasteiger partial charge on any atom is -0.493 e. The third kappa shape index (κ3) is 4.75. The summed E-state index contributed by atoms with van der Waals surface area (Å²) in [6.45, 7) is 2.41. The maximum Gasteiger partial charge on any atom is 0.231 e. The predicted molar refractivity (Wildman–Crippen MR) is 135 cm³/mol. The van der Waals surface area contributed by atoms with Crippen molar-refractivity contribution in [2.24, 2.45) is 0 Å². The summed E-state index contributed by atoms with van der Waals surface area (Å²) in [7, 11) is 3.24. The fraction of sp³-hybridized carbons (Fsp3) is 0.214. The third-order valence-electron chi connectivity index (χ3n) is 6.05. The number of benzene rings is 3. The van der Waals surface area contributed by atoms with Crippen molar-refractivity contribution >= 4 is 27.3 Å². The molecule has 34 heavy (non-hydrogen) atoms. The molecule has 4 rings (SSSR count). The number of carbonyl (C=O) groups excluding carboxylic acids is 1. The highest BCUT2D eigenvalue weighted by Crippen LogP contribution is 2.39. The summed E-state index contributed by atoms with van der Waals surface area (Å²) in [5.41, 5.74) is 1.65. The van der Waals surface area contributed by atoms with Crippen molar-refractivity contribution in [2.45, 2.75) is 25.3 Å². The number of thiophene rings is 1. The minimum absolute atomic E-state index is 0.0614. The first kappa shape index (κ1) is 23.3. The molecule has 5 nitrogen and oxygen atoms in total. The number of carbonyl (C=O) groups is 1. The normalized spacial score (nSPS) is 12.5. The Labute approximate surface area is 203 Å². The van der Waals surface area contributed by atoms with Crippen LogP contribution in [0.25, 0.3) is 10.1 Å². The van der Waals surface area contributed by atoms with E-state index in [-0.39, 0.29) is 5.91 Å². The summed E-state index contributed by atoms with van der Waals surface area (Å²) >= 11 is 1.64. The summed E-state index contributed by atoms with van der Waals surface area (Å²) in [5, 5.41) is 13.4. The average Bonchev–Trinajstić information content (AvgIpc) is 3.27. The largest absolute Gasteiger partial charge is 0.493 e. The summed E-state index contributed by atoms with van der Waals surface area (Å²) < 4.78 is 12.0. The van der Waals surface area contributed by atoms with Gasteiger partial charge >= 0.3 is 0 Å². The SMILES string of the molecule is COc1cc2cc(CC(C)(C(=O)NCc3ccccc3)c3ccc(C#N)cc3)sc2cc1OC. The Kier molecular flexibility index (Phi) is 6.85. The van der Waals surface area contributed by atoms with Crippen molar-refractivity contribution in [3.8, 4) is 17.6 Å². The highest BCUT2D eigenvalue weighted by atomic mass is 32.1. The van der Waals surface area contributed by atoms with Gasteiger partial charge in [0, 0.05) is 28.6 Å². The molecule has 0 bridgehead atoms. The van der Waals surface area contributed by atoms with E-state index in [1.807, 2.05) is 61.5 Å². The molecule has 3 aromatic carbocycles. The van der Waals surface area contributed by atoms with Gasteiger partial charge < -0.3 is 14.8 Å². The fourth-order valence-corrected chi connectivity index (χ4v) is 5.29. The molecule has 1 amide bonds. The van der Waals surface area contributed by atoms with Gasteiger partial charge in [-0.1, -0.05) is 42.5 Å². The van der Waals surface area contributed by atoms with Gasteiger partial charge in [-0.25, -0.2) is 0 Å². The third-order valence-corrected chi connectivity index (χ3v) is 7.15. The Morgan fingerprint density at radius 3 is 2.32 bits per heavy atom. The topological polar surface area (TPSA) is 71.3 Å². The molecule has 0 radical (unpaired) electrons. The van der Waals surface area contributed by atoms with Crippen LogP contribution in [0.2, 0.25) is 0 Å². The number of ether oxygens (including phenoxy) is 2. The molecule has 1 aromatic heterocycles. The molecule has 1 unspecified atom stereocenters. The van der Waals surface area contributed by atoms with E-state index in [1.165, 1.54) is 0 Å². The Hall–Kier alpha value is -3.82. The van der Waals surface area contributed by atoms with E-state index in [9.17, 15) is 10.1 Å². The van der Waals surface area contributed by atoms with Crippen LogP contribution < -0.4 is 14.8 Å². The number of methoxy groups -OCH3 is 2. The van der Waals surface area contributed by atoms with Gasteiger partial charge in [0.1, 0.15) is 0 Å². The van der Waals surface area contributed by atoms with Gasteiger partial charge in [0.25, 0.3) is 0 Å². The lowest BCUT2D eigenvalue weighted by molar-refractivity contribution is -0.126. The van der Waals surface area contributed by atoms with Crippen LogP contribution in [0.3, 0.4) is 0 Å². The summed E-state index contributed by atoms with van der Waals surface area (Å²) in [6, 6.07) is 25.3. The van der Waals surface area contributed by atoms with E-state index in [2.05, 4.69) is 17.5 Å². The Bertz CT molecular complexity index is 1300. The van der Waals surface area contributed by atoms with E-state index < -0.39 is 5.41 Å². The Morgan fingerprint density at radius 1 is 1.00 bits per heavy atom. The van der Waals surface area contributed by atoms with Crippen LogP contribution in [0, 0.1) is 11.3 Å². The van der Waals surface area contributed by atoms with E-state index in [1.54, 1.807) is 37.7 Å². The Balaban J connectivity index is 1.68. The number of amides is 1. The van der Waals surface area contributed by atoms with E-state index in [4.69, 9.17) is 9.47 Å². The molecule has 0 spiro atoms. The number of fused-ring (bicyclic) bond motifs is 1. The van der Waals surface area contributed by atoms with Gasteiger partial charge in [0.05, 0.1) is 31.3 Å². The van der Waals surface area contributed by atoms with Gasteiger partial charge in [-0.15, -0.1) is 11.3 Å². The second kappa shape index (κ2) is 9.98. The average molecular weight is 471 g/mol. The lowest BCUT2D eigenvalue weighted by Gasteiger charge is -2.29. The van der Waals surface area contributed by atoms with E-state index in [0.717, 1.165) is 26.1 Å². The maximum atomic E-state index is 13.6. The van der Waals surface area contributed by atoms with Crippen LogP contribution in [0.5, 0.6) is 11.5 Å². The first-order valence-corrected chi connectivity index (χ1v) is 11.8. The number of hydrogen-bond acceptors (Lipinski definition) is 5. The van der Waals surface area contributed by atoms with Crippen LogP contribution in [0.15, 0.2) is 72.8 Å². The van der Waals surface area contributed by atoms with Crippen LogP contribution in [-0.4, -0.2) is 20.1 Å². The lowest BCUT2D eigenvalue weighted by atomic mass is 9.77. The highest BCUT2D eigenvalue weighted by molar-refractivity contribution is 7.19. The minimum atomic E-state index is -0.822. The van der Waals surface area contributed by atoms with Gasteiger partial charge in [-0.3, -0.25) is 4.79 Å². The van der Waals surface area contributed by atoms with Crippen molar-refractivity contribution < 1.29 is 14.3 Å². The standard InChI is InChI=1S/C28H26N2O3S/c1-28(22-11-9-19(17-29)10-12-22,27(31)30-18-20-7-5-4-6-8-20)16-23-13-21-14-24(32-2)25(33-3)15-26(21)34-23/h4-15H,16,18H2,1-3H3,(H,30,31). The monoisotopic (exact) mass is 470 g/mol. The van der Waals surface area contributed by atoms with Crippen LogP contribution >= 0.6 is 11.3 Å². The lowest BCUT2D eigenvalue weighted by Crippen LogP contribution is -2.43. The van der Waals surface area contributed by atoms with Gasteiger partial charge in [-0.05, 0) is 47.7 Å². The molecule has 0 aliphatic rings. The highest BCUT2D eigenvalue weighted by Gasteiger charge is 2.36. The zero-order valence-corrected chi connectivity index (χ0v) is 20.2. The predicted octanol–water partition coefficient (Wildman–Crippen LogP) is 5.61. The molecular formula is C28H26N2O3S. The number of nitrogens with zero attached hydrogens (tertiary/aromatic N) is 1.